The number of carbonyl (C=O) groups is 1. The summed E-state index contributed by atoms with van der Waals surface area (Å²) >= 11 is 0. The van der Waals surface area contributed by atoms with Crippen molar-refractivity contribution >= 4 is 23.1 Å². The van der Waals surface area contributed by atoms with Gasteiger partial charge < -0.3 is 15.1 Å². The van der Waals surface area contributed by atoms with E-state index in [1.165, 1.54) is 5.69 Å². The molecular formula is C24H31N7O. The van der Waals surface area contributed by atoms with Crippen molar-refractivity contribution in [3.05, 3.63) is 54.6 Å². The van der Waals surface area contributed by atoms with Crippen LogP contribution < -0.4 is 15.1 Å². The zero-order valence-electron chi connectivity index (χ0n) is 19.0. The topological polar surface area (TPSA) is 79.2 Å². The van der Waals surface area contributed by atoms with Crippen molar-refractivity contribution in [3.63, 3.8) is 0 Å². The molecule has 1 aliphatic rings. The third-order valence-corrected chi connectivity index (χ3v) is 6.09. The van der Waals surface area contributed by atoms with Gasteiger partial charge in [-0.05, 0) is 63.4 Å². The Balaban J connectivity index is 1.44. The summed E-state index contributed by atoms with van der Waals surface area (Å²) in [6.07, 6.45) is 6.94. The van der Waals surface area contributed by atoms with Gasteiger partial charge in [-0.25, -0.2) is 14.6 Å². The minimum absolute atomic E-state index is 0.0646. The van der Waals surface area contributed by atoms with Gasteiger partial charge in [0.05, 0.1) is 5.92 Å². The van der Waals surface area contributed by atoms with E-state index in [0.717, 1.165) is 55.4 Å². The maximum Gasteiger partial charge on any atom is 0.229 e. The monoisotopic (exact) mass is 433 g/mol. The van der Waals surface area contributed by atoms with Crippen molar-refractivity contribution in [2.75, 3.05) is 41.3 Å². The van der Waals surface area contributed by atoms with E-state index >= 15 is 0 Å². The number of hydrogen-bond donors (Lipinski definition) is 1. The predicted molar refractivity (Wildman–Crippen MR) is 127 cm³/mol. The van der Waals surface area contributed by atoms with Crippen LogP contribution in [0, 0.1) is 12.8 Å². The Morgan fingerprint density at radius 1 is 1.19 bits per heavy atom. The highest BCUT2D eigenvalue weighted by Gasteiger charge is 2.27. The molecule has 0 spiro atoms. The van der Waals surface area contributed by atoms with Gasteiger partial charge in [0, 0.05) is 56.0 Å². The molecule has 0 aliphatic carbocycles. The lowest BCUT2D eigenvalue weighted by atomic mass is 9.96. The first-order valence-corrected chi connectivity index (χ1v) is 11.3. The lowest BCUT2D eigenvalue weighted by molar-refractivity contribution is -0.120. The number of piperidine rings is 1. The van der Waals surface area contributed by atoms with E-state index in [-0.39, 0.29) is 11.8 Å². The van der Waals surface area contributed by atoms with Gasteiger partial charge in [0.2, 0.25) is 5.91 Å². The summed E-state index contributed by atoms with van der Waals surface area (Å²) < 4.78 is 1.71. The molecule has 3 heterocycles. The first-order chi connectivity index (χ1) is 15.6. The molecule has 8 heteroatoms. The van der Waals surface area contributed by atoms with Gasteiger partial charge in [-0.2, -0.15) is 5.10 Å². The highest BCUT2D eigenvalue weighted by Crippen LogP contribution is 2.26. The van der Waals surface area contributed by atoms with E-state index in [1.54, 1.807) is 17.2 Å². The van der Waals surface area contributed by atoms with Crippen LogP contribution in [0.25, 0.3) is 5.82 Å². The molecule has 3 aromatic rings. The van der Waals surface area contributed by atoms with Crippen molar-refractivity contribution in [1.82, 2.24) is 19.7 Å². The molecule has 1 aromatic carbocycles. The maximum atomic E-state index is 13.1. The van der Waals surface area contributed by atoms with Crippen LogP contribution in [0.15, 0.2) is 49.1 Å². The highest BCUT2D eigenvalue weighted by molar-refractivity contribution is 5.94. The number of nitrogens with zero attached hydrogens (tertiary/aromatic N) is 6. The normalized spacial score (nSPS) is 16.1. The summed E-state index contributed by atoms with van der Waals surface area (Å²) in [5.41, 5.74) is 3.15. The molecular weight excluding hydrogens is 402 g/mol. The molecule has 0 saturated carbocycles. The number of carbonyl (C=O) groups excluding carboxylic acids is 1. The zero-order valence-corrected chi connectivity index (χ0v) is 19.0. The fraction of sp³-hybridized carbons (Fsp3) is 0.417. The highest BCUT2D eigenvalue weighted by atomic mass is 16.1. The Morgan fingerprint density at radius 3 is 2.72 bits per heavy atom. The van der Waals surface area contributed by atoms with Crippen molar-refractivity contribution in [3.8, 4) is 5.82 Å². The van der Waals surface area contributed by atoms with E-state index in [0.29, 0.717) is 6.54 Å². The van der Waals surface area contributed by atoms with Crippen LogP contribution in [0.5, 0.6) is 0 Å². The van der Waals surface area contributed by atoms with Crippen molar-refractivity contribution in [2.24, 2.45) is 5.92 Å². The molecule has 1 unspecified atom stereocenters. The largest absolute Gasteiger partial charge is 0.372 e. The van der Waals surface area contributed by atoms with Gasteiger partial charge in [-0.1, -0.05) is 0 Å². The lowest BCUT2D eigenvalue weighted by Gasteiger charge is -2.33. The first kappa shape index (κ1) is 21.8. The third-order valence-electron chi connectivity index (χ3n) is 6.09. The van der Waals surface area contributed by atoms with Crippen LogP contribution in [-0.4, -0.2) is 51.8 Å². The number of aromatic nitrogens is 4. The number of nitrogens with one attached hydrogen (secondary N) is 1. The summed E-state index contributed by atoms with van der Waals surface area (Å²) in [6, 6.07) is 10.0. The minimum atomic E-state index is -0.0891. The molecule has 32 heavy (non-hydrogen) atoms. The molecule has 1 atom stereocenters. The summed E-state index contributed by atoms with van der Waals surface area (Å²) in [5.74, 6) is 1.52. The summed E-state index contributed by atoms with van der Waals surface area (Å²) in [7, 11) is 0. The van der Waals surface area contributed by atoms with Crippen molar-refractivity contribution in [2.45, 2.75) is 33.6 Å². The second-order valence-corrected chi connectivity index (χ2v) is 8.13. The van der Waals surface area contributed by atoms with Gasteiger partial charge in [0.25, 0.3) is 0 Å². The Hall–Kier alpha value is -3.42. The molecule has 2 aromatic heterocycles. The van der Waals surface area contributed by atoms with Gasteiger partial charge in [0.15, 0.2) is 5.82 Å². The smallest absolute Gasteiger partial charge is 0.229 e. The number of aryl methyl sites for hydroxylation is 1. The maximum absolute atomic E-state index is 13.1. The molecule has 4 rings (SSSR count). The van der Waals surface area contributed by atoms with Crippen LogP contribution >= 0.6 is 0 Å². The fourth-order valence-electron chi connectivity index (χ4n) is 4.25. The van der Waals surface area contributed by atoms with E-state index in [1.807, 2.05) is 31.3 Å². The molecule has 8 nitrogen and oxygen atoms in total. The zero-order chi connectivity index (χ0) is 22.5. The molecule has 1 fully saturated rings. The second-order valence-electron chi connectivity index (χ2n) is 8.13. The lowest BCUT2D eigenvalue weighted by Crippen LogP contribution is -2.41. The standard InChI is InChI=1S/C24H31N7O/c1-4-29(5-2)20-9-10-21(18(3)14-20)28-24(32)19-8-6-12-30(16-19)22-15-23(26-17-25-22)31-13-7-11-27-31/h7,9-11,13-15,17,19H,4-6,8,12,16H2,1-3H3,(H,28,32). The minimum Gasteiger partial charge on any atom is -0.372 e. The third kappa shape index (κ3) is 4.74. The van der Waals surface area contributed by atoms with E-state index < -0.39 is 0 Å². The van der Waals surface area contributed by atoms with Gasteiger partial charge in [-0.15, -0.1) is 0 Å². The number of amides is 1. The summed E-state index contributed by atoms with van der Waals surface area (Å²) in [5, 5.41) is 7.40. The first-order valence-electron chi connectivity index (χ1n) is 11.3. The van der Waals surface area contributed by atoms with Crippen LogP contribution in [0.2, 0.25) is 0 Å². The molecule has 168 valence electrons. The summed E-state index contributed by atoms with van der Waals surface area (Å²) in [6.45, 7) is 9.79. The quantitative estimate of drug-likeness (QED) is 0.612. The Kier molecular flexibility index (Phi) is 6.68. The molecule has 0 radical (unpaired) electrons. The number of anilines is 3. The van der Waals surface area contributed by atoms with Crippen molar-refractivity contribution < 1.29 is 4.79 Å². The van der Waals surface area contributed by atoms with Crippen LogP contribution in [0.3, 0.4) is 0 Å². The SMILES string of the molecule is CCN(CC)c1ccc(NC(=O)C2CCCN(c3cc(-n4cccn4)ncn3)C2)c(C)c1. The van der Waals surface area contributed by atoms with E-state index in [9.17, 15) is 4.79 Å². The summed E-state index contributed by atoms with van der Waals surface area (Å²) in [4.78, 5) is 26.3. The molecule has 1 aliphatic heterocycles. The molecule has 1 saturated heterocycles. The Bertz CT molecular complexity index is 1050. The number of hydrogen-bond acceptors (Lipinski definition) is 6. The van der Waals surface area contributed by atoms with E-state index in [4.69, 9.17) is 0 Å². The van der Waals surface area contributed by atoms with Gasteiger partial charge in [0.1, 0.15) is 12.1 Å². The average Bonchev–Trinajstić information content (AvgIpc) is 3.37. The van der Waals surface area contributed by atoms with E-state index in [2.05, 4.69) is 56.2 Å². The predicted octanol–water partition coefficient (Wildman–Crippen LogP) is 3.67. The van der Waals surface area contributed by atoms with Crippen LogP contribution in [0.4, 0.5) is 17.2 Å². The Labute approximate surface area is 189 Å². The van der Waals surface area contributed by atoms with Gasteiger partial charge >= 0.3 is 0 Å². The van der Waals surface area contributed by atoms with Crippen molar-refractivity contribution in [1.29, 1.82) is 0 Å². The van der Waals surface area contributed by atoms with Crippen LogP contribution in [0.1, 0.15) is 32.3 Å². The number of rotatable bonds is 7. The number of benzene rings is 1. The molecule has 1 N–H and O–H groups in total. The average molecular weight is 434 g/mol. The molecule has 1 amide bonds. The fourth-order valence-corrected chi connectivity index (χ4v) is 4.25. The molecule has 0 bridgehead atoms. The van der Waals surface area contributed by atoms with Gasteiger partial charge in [-0.3, -0.25) is 4.79 Å². The second kappa shape index (κ2) is 9.80. The Morgan fingerprint density at radius 2 is 2.00 bits per heavy atom. The van der Waals surface area contributed by atoms with Crippen LogP contribution in [-0.2, 0) is 4.79 Å².